The fourth-order valence-corrected chi connectivity index (χ4v) is 1.32. The quantitative estimate of drug-likeness (QED) is 0.751. The van der Waals surface area contributed by atoms with Gasteiger partial charge in [0.05, 0.1) is 25.5 Å². The van der Waals surface area contributed by atoms with Crippen LogP contribution in [0.25, 0.3) is 0 Å². The topological polar surface area (TPSA) is 54.4 Å². The van der Waals surface area contributed by atoms with Gasteiger partial charge in [-0.2, -0.15) is 0 Å². The Labute approximate surface area is 82.9 Å². The maximum Gasteiger partial charge on any atom is 0.137 e. The minimum Gasteiger partial charge on any atom is -0.495 e. The Kier molecular flexibility index (Phi) is 2.29. The second-order valence-corrected chi connectivity index (χ2v) is 3.65. The molecule has 14 heavy (non-hydrogen) atoms. The summed E-state index contributed by atoms with van der Waals surface area (Å²) in [6.45, 7) is 0.167. The Morgan fingerprint density at radius 1 is 1.57 bits per heavy atom. The van der Waals surface area contributed by atoms with E-state index in [1.807, 2.05) is 12.1 Å². The molecule has 1 aliphatic rings. The van der Waals surface area contributed by atoms with Crippen molar-refractivity contribution in [1.29, 1.82) is 0 Å². The normalized spacial score (nSPS) is 17.6. The molecule has 1 saturated carbocycles. The Morgan fingerprint density at radius 3 is 2.79 bits per heavy atom. The second kappa shape index (κ2) is 3.46. The van der Waals surface area contributed by atoms with Crippen LogP contribution in [0.2, 0.25) is 0 Å². The monoisotopic (exact) mass is 194 g/mol. The molecule has 1 fully saturated rings. The summed E-state index contributed by atoms with van der Waals surface area (Å²) >= 11 is 0. The van der Waals surface area contributed by atoms with Gasteiger partial charge in [0.25, 0.3) is 0 Å². The lowest BCUT2D eigenvalue weighted by atomic mass is 10.3. The SMILES string of the molecule is COc1ccc(NC2(CO)CC2)nc1. The van der Waals surface area contributed by atoms with E-state index in [1.165, 1.54) is 0 Å². The number of aliphatic hydroxyl groups is 1. The highest BCUT2D eigenvalue weighted by molar-refractivity contribution is 5.42. The smallest absolute Gasteiger partial charge is 0.137 e. The van der Waals surface area contributed by atoms with Crippen LogP contribution in [-0.4, -0.2) is 29.3 Å². The van der Waals surface area contributed by atoms with E-state index in [2.05, 4.69) is 10.3 Å². The fourth-order valence-electron chi connectivity index (χ4n) is 1.32. The molecule has 0 atom stereocenters. The van der Waals surface area contributed by atoms with Gasteiger partial charge in [0, 0.05) is 0 Å². The average Bonchev–Trinajstić information content (AvgIpc) is 3.00. The molecule has 2 N–H and O–H groups in total. The van der Waals surface area contributed by atoms with Crippen molar-refractivity contribution in [3.8, 4) is 5.75 Å². The lowest BCUT2D eigenvalue weighted by Gasteiger charge is -2.14. The molecule has 0 radical (unpaired) electrons. The number of nitrogens with one attached hydrogen (secondary N) is 1. The number of ether oxygens (including phenoxy) is 1. The van der Waals surface area contributed by atoms with Crippen LogP contribution >= 0.6 is 0 Å². The predicted octanol–water partition coefficient (Wildman–Crippen LogP) is 1.03. The van der Waals surface area contributed by atoms with E-state index in [4.69, 9.17) is 9.84 Å². The first-order valence-corrected chi connectivity index (χ1v) is 4.67. The summed E-state index contributed by atoms with van der Waals surface area (Å²) in [7, 11) is 1.61. The van der Waals surface area contributed by atoms with Crippen molar-refractivity contribution in [2.45, 2.75) is 18.4 Å². The van der Waals surface area contributed by atoms with E-state index < -0.39 is 0 Å². The summed E-state index contributed by atoms with van der Waals surface area (Å²) in [6.07, 6.45) is 3.68. The number of aliphatic hydroxyl groups excluding tert-OH is 1. The van der Waals surface area contributed by atoms with Gasteiger partial charge < -0.3 is 15.2 Å². The zero-order chi connectivity index (χ0) is 10.0. The maximum atomic E-state index is 9.10. The molecule has 1 heterocycles. The van der Waals surface area contributed by atoms with Crippen LogP contribution in [-0.2, 0) is 0 Å². The van der Waals surface area contributed by atoms with Gasteiger partial charge in [-0.1, -0.05) is 0 Å². The van der Waals surface area contributed by atoms with Crippen LogP contribution in [0.1, 0.15) is 12.8 Å². The lowest BCUT2D eigenvalue weighted by Crippen LogP contribution is -2.25. The molecule has 0 bridgehead atoms. The first-order valence-electron chi connectivity index (χ1n) is 4.67. The molecular weight excluding hydrogens is 180 g/mol. The lowest BCUT2D eigenvalue weighted by molar-refractivity contribution is 0.266. The Bertz CT molecular complexity index is 306. The van der Waals surface area contributed by atoms with Gasteiger partial charge in [0.2, 0.25) is 0 Å². The summed E-state index contributed by atoms with van der Waals surface area (Å²) < 4.78 is 5.00. The number of nitrogens with zero attached hydrogens (tertiary/aromatic N) is 1. The third kappa shape index (κ3) is 1.80. The molecule has 0 saturated heterocycles. The largest absolute Gasteiger partial charge is 0.495 e. The van der Waals surface area contributed by atoms with Crippen LogP contribution in [0.15, 0.2) is 18.3 Å². The van der Waals surface area contributed by atoms with Crippen molar-refractivity contribution in [3.63, 3.8) is 0 Å². The molecule has 2 rings (SSSR count). The molecule has 1 aliphatic carbocycles. The molecule has 1 aromatic heterocycles. The van der Waals surface area contributed by atoms with Crippen molar-refractivity contribution < 1.29 is 9.84 Å². The number of aromatic nitrogens is 1. The van der Waals surface area contributed by atoms with Gasteiger partial charge in [-0.05, 0) is 25.0 Å². The van der Waals surface area contributed by atoms with Crippen molar-refractivity contribution in [2.24, 2.45) is 0 Å². The molecule has 4 nitrogen and oxygen atoms in total. The first kappa shape index (κ1) is 9.27. The zero-order valence-corrected chi connectivity index (χ0v) is 8.16. The highest BCUT2D eigenvalue weighted by atomic mass is 16.5. The predicted molar refractivity (Wildman–Crippen MR) is 53.5 cm³/mol. The minimum atomic E-state index is -0.110. The summed E-state index contributed by atoms with van der Waals surface area (Å²) in [5, 5.41) is 12.3. The van der Waals surface area contributed by atoms with Crippen molar-refractivity contribution in [1.82, 2.24) is 4.98 Å². The summed E-state index contributed by atoms with van der Waals surface area (Å²) in [4.78, 5) is 4.18. The average molecular weight is 194 g/mol. The fraction of sp³-hybridized carbons (Fsp3) is 0.500. The number of hydrogen-bond donors (Lipinski definition) is 2. The van der Waals surface area contributed by atoms with Crippen LogP contribution in [0.5, 0.6) is 5.75 Å². The second-order valence-electron chi connectivity index (χ2n) is 3.65. The molecular formula is C10H14N2O2. The van der Waals surface area contributed by atoms with Gasteiger partial charge >= 0.3 is 0 Å². The van der Waals surface area contributed by atoms with Crippen LogP contribution in [0.4, 0.5) is 5.82 Å². The number of pyridine rings is 1. The van der Waals surface area contributed by atoms with Crippen molar-refractivity contribution in [3.05, 3.63) is 18.3 Å². The molecule has 4 heteroatoms. The maximum absolute atomic E-state index is 9.10. The minimum absolute atomic E-state index is 0.110. The van der Waals surface area contributed by atoms with Gasteiger partial charge in [0.1, 0.15) is 11.6 Å². The van der Waals surface area contributed by atoms with E-state index in [0.717, 1.165) is 24.4 Å². The van der Waals surface area contributed by atoms with E-state index in [-0.39, 0.29) is 12.1 Å². The van der Waals surface area contributed by atoms with Gasteiger partial charge in [-0.25, -0.2) is 4.98 Å². The molecule has 76 valence electrons. The summed E-state index contributed by atoms with van der Waals surface area (Å²) in [5.41, 5.74) is -0.110. The third-order valence-corrected chi connectivity index (χ3v) is 2.52. The number of hydrogen-bond acceptors (Lipinski definition) is 4. The standard InChI is InChI=1S/C10H14N2O2/c1-14-8-2-3-9(11-6-8)12-10(7-13)4-5-10/h2-3,6,13H,4-5,7H2,1H3,(H,11,12). The molecule has 0 amide bonds. The van der Waals surface area contributed by atoms with Crippen molar-refractivity contribution >= 4 is 5.82 Å². The van der Waals surface area contributed by atoms with Gasteiger partial charge in [-0.15, -0.1) is 0 Å². The number of rotatable bonds is 4. The molecule has 1 aromatic rings. The molecule has 0 unspecified atom stereocenters. The van der Waals surface area contributed by atoms with Gasteiger partial charge in [-0.3, -0.25) is 0 Å². The highest BCUT2D eigenvalue weighted by Crippen LogP contribution is 2.37. The van der Waals surface area contributed by atoms with E-state index >= 15 is 0 Å². The Morgan fingerprint density at radius 2 is 2.36 bits per heavy atom. The first-order chi connectivity index (χ1) is 6.78. The zero-order valence-electron chi connectivity index (χ0n) is 8.16. The molecule has 0 spiro atoms. The van der Waals surface area contributed by atoms with E-state index in [1.54, 1.807) is 13.3 Å². The Hall–Kier alpha value is -1.29. The molecule has 0 aliphatic heterocycles. The Balaban J connectivity index is 2.03. The molecule has 0 aromatic carbocycles. The number of anilines is 1. The van der Waals surface area contributed by atoms with E-state index in [0.29, 0.717) is 0 Å². The van der Waals surface area contributed by atoms with Crippen LogP contribution in [0.3, 0.4) is 0 Å². The van der Waals surface area contributed by atoms with Crippen LogP contribution < -0.4 is 10.1 Å². The van der Waals surface area contributed by atoms with Crippen molar-refractivity contribution in [2.75, 3.05) is 19.0 Å². The third-order valence-electron chi connectivity index (χ3n) is 2.52. The number of methoxy groups -OCH3 is 1. The highest BCUT2D eigenvalue weighted by Gasteiger charge is 2.42. The van der Waals surface area contributed by atoms with E-state index in [9.17, 15) is 0 Å². The summed E-state index contributed by atoms with van der Waals surface area (Å²) in [6, 6.07) is 3.71. The van der Waals surface area contributed by atoms with Gasteiger partial charge in [0.15, 0.2) is 0 Å². The van der Waals surface area contributed by atoms with Crippen LogP contribution in [0, 0.1) is 0 Å². The summed E-state index contributed by atoms with van der Waals surface area (Å²) in [5.74, 6) is 1.53.